The van der Waals surface area contributed by atoms with Crippen molar-refractivity contribution in [3.63, 3.8) is 0 Å². The molecule has 10 N–H and O–H groups in total. The molecule has 16 nitrogen and oxygen atoms in total. The highest BCUT2D eigenvalue weighted by Crippen LogP contribution is 2.62. The van der Waals surface area contributed by atoms with E-state index in [1.807, 2.05) is 0 Å². The first-order valence-electron chi connectivity index (χ1n) is 21.7. The van der Waals surface area contributed by atoms with E-state index in [0.717, 1.165) is 12.1 Å². The third-order valence-electron chi connectivity index (χ3n) is 14.2. The Morgan fingerprint density at radius 1 is 0.574 bits per heavy atom. The third kappa shape index (κ3) is 6.12. The van der Waals surface area contributed by atoms with E-state index >= 15 is 0 Å². The first-order valence-corrected chi connectivity index (χ1v) is 21.7. The lowest BCUT2D eigenvalue weighted by Crippen LogP contribution is -2.35. The number of hydrogen-bond acceptors (Lipinski definition) is 14. The number of aromatic hydroxyl groups is 6. The molecule has 0 spiro atoms. The number of phenolic OH excluding ortho intramolecular Hbond substituents is 4. The van der Waals surface area contributed by atoms with Gasteiger partial charge in [-0.25, -0.2) is 9.59 Å². The molecule has 0 radical (unpaired) electrons. The van der Waals surface area contributed by atoms with Gasteiger partial charge in [-0.2, -0.15) is 0 Å². The summed E-state index contributed by atoms with van der Waals surface area (Å²) in [7, 11) is 0. The number of aryl methyl sites for hydroxylation is 2. The summed E-state index contributed by atoms with van der Waals surface area (Å²) in [6.45, 7) is 2.53. The number of carboxylic acids is 2. The smallest absolute Gasteiger partial charge is 0.339 e. The van der Waals surface area contributed by atoms with Gasteiger partial charge in [0.05, 0.1) is 16.7 Å². The van der Waals surface area contributed by atoms with Crippen LogP contribution < -0.4 is 0 Å². The Balaban J connectivity index is 1.32. The minimum absolute atomic E-state index is 0.00313. The first kappa shape index (κ1) is 43.5. The molecular weight excluding hydrogens is 881 g/mol. The predicted octanol–water partition coefficient (Wildman–Crippen LogP) is 6.88. The number of aliphatic hydroxyl groups is 2. The lowest BCUT2D eigenvalue weighted by Gasteiger charge is -2.44. The summed E-state index contributed by atoms with van der Waals surface area (Å²) in [6.07, 6.45) is 0.263. The molecule has 5 aromatic rings. The summed E-state index contributed by atoms with van der Waals surface area (Å²) in [5.74, 6) is -14.3. The number of phenols is 6. The van der Waals surface area contributed by atoms with E-state index in [1.54, 1.807) is 0 Å². The maximum atomic E-state index is 14.8. The van der Waals surface area contributed by atoms with Crippen LogP contribution in [0, 0.1) is 5.92 Å². The summed E-state index contributed by atoms with van der Waals surface area (Å²) in [5.41, 5.74) is -0.875. The van der Waals surface area contributed by atoms with Crippen LogP contribution in [-0.4, -0.2) is 86.1 Å². The number of carboxylic acid groups (broad SMARTS) is 2. The number of carbonyl (C=O) groups is 6. The lowest BCUT2D eigenvalue weighted by atomic mass is 9.58. The van der Waals surface area contributed by atoms with Gasteiger partial charge < -0.3 is 51.1 Å². The van der Waals surface area contributed by atoms with Crippen molar-refractivity contribution in [3.8, 4) is 56.8 Å². The molecule has 10 rings (SSSR count). The second kappa shape index (κ2) is 15.1. The zero-order valence-corrected chi connectivity index (χ0v) is 36.1. The Bertz CT molecular complexity index is 3370. The molecule has 5 aliphatic carbocycles. The van der Waals surface area contributed by atoms with Crippen molar-refractivity contribution in [2.75, 3.05) is 0 Å². The van der Waals surface area contributed by atoms with E-state index in [1.165, 1.54) is 44.2 Å². The van der Waals surface area contributed by atoms with Gasteiger partial charge in [-0.15, -0.1) is 0 Å². The molecule has 0 bridgehead atoms. The maximum Gasteiger partial charge on any atom is 0.339 e. The molecule has 0 aromatic heterocycles. The van der Waals surface area contributed by atoms with Crippen LogP contribution in [0.1, 0.15) is 124 Å². The number of rotatable bonds is 7. The van der Waals surface area contributed by atoms with Crippen molar-refractivity contribution >= 4 is 40.8 Å². The van der Waals surface area contributed by atoms with Gasteiger partial charge in [-0.1, -0.05) is 12.1 Å². The Morgan fingerprint density at radius 3 is 1.59 bits per heavy atom. The zero-order valence-electron chi connectivity index (χ0n) is 36.1. The highest BCUT2D eigenvalue weighted by Gasteiger charge is 2.51. The quantitative estimate of drug-likeness (QED) is 0.0795. The number of carbonyl (C=O) groups excluding carboxylic acids is 4. The van der Waals surface area contributed by atoms with Crippen molar-refractivity contribution in [1.29, 1.82) is 0 Å². The molecule has 0 amide bonds. The summed E-state index contributed by atoms with van der Waals surface area (Å²) in [6, 6.07) is 8.04. The third-order valence-corrected chi connectivity index (χ3v) is 14.2. The van der Waals surface area contributed by atoms with Gasteiger partial charge in [0.25, 0.3) is 0 Å². The monoisotopic (exact) mass is 920 g/mol. The topological polar surface area (TPSA) is 305 Å². The molecule has 0 fully saturated rings. The van der Waals surface area contributed by atoms with Gasteiger partial charge in [0.2, 0.25) is 5.78 Å². The standard InChI is InChI=1S/C52H40O16/c1-17(53)7-21-9-19-3-5-25-27(35(19)47(61)37(21)51(65)66)15-31-39(29-11-23(55)13-33(57)41(29)49(63)43(31)45(25)59)40-30-12-24(56)14-34(58)42(30)50(64)44-32(40)16-28-26(46(44)60)6-4-20-10-22(8-18(2)54)38(52(67)68)48(62)36(20)28/h9-11,13-16,30,39-40,55,57-62,64H,3-8,12H2,1-2H3,(H,65,66)(H,67,68)/t30?,39-,40+/m1/s1. The van der Waals surface area contributed by atoms with E-state index in [2.05, 4.69) is 0 Å². The molecule has 68 heavy (non-hydrogen) atoms. The number of hydrogen-bond donors (Lipinski definition) is 10. The fourth-order valence-electron chi connectivity index (χ4n) is 11.8. The average Bonchev–Trinajstić information content (AvgIpc) is 3.22. The number of benzene rings is 5. The number of fused-ring (bicyclic) bond motifs is 10. The molecule has 0 saturated heterocycles. The van der Waals surface area contributed by atoms with Gasteiger partial charge in [0.15, 0.2) is 5.78 Å². The van der Waals surface area contributed by atoms with E-state index in [4.69, 9.17) is 0 Å². The van der Waals surface area contributed by atoms with Crippen molar-refractivity contribution in [2.24, 2.45) is 5.92 Å². The molecule has 3 atom stereocenters. The second-order valence-corrected chi connectivity index (χ2v) is 18.2. The predicted molar refractivity (Wildman–Crippen MR) is 239 cm³/mol. The lowest BCUT2D eigenvalue weighted by molar-refractivity contribution is -0.117. The highest BCUT2D eigenvalue weighted by molar-refractivity contribution is 6.17. The van der Waals surface area contributed by atoms with E-state index in [0.29, 0.717) is 11.1 Å². The molecule has 0 aliphatic heterocycles. The summed E-state index contributed by atoms with van der Waals surface area (Å²) >= 11 is 0. The van der Waals surface area contributed by atoms with Crippen LogP contribution in [0.15, 0.2) is 53.8 Å². The van der Waals surface area contributed by atoms with Crippen LogP contribution in [-0.2, 0) is 52.9 Å². The van der Waals surface area contributed by atoms with E-state index < -0.39 is 105 Å². The number of aromatic carboxylic acids is 2. The summed E-state index contributed by atoms with van der Waals surface area (Å²) in [4.78, 5) is 78.4. The van der Waals surface area contributed by atoms with Crippen LogP contribution in [0.3, 0.4) is 0 Å². The number of ketones is 4. The van der Waals surface area contributed by atoms with Crippen molar-refractivity contribution in [2.45, 2.75) is 70.6 Å². The Hall–Kier alpha value is -8.40. The van der Waals surface area contributed by atoms with Crippen molar-refractivity contribution in [3.05, 3.63) is 132 Å². The van der Waals surface area contributed by atoms with Crippen molar-refractivity contribution < 1.29 is 79.8 Å². The Morgan fingerprint density at radius 2 is 1.07 bits per heavy atom. The van der Waals surface area contributed by atoms with Crippen LogP contribution >= 0.6 is 0 Å². The maximum absolute atomic E-state index is 14.8. The molecule has 1 unspecified atom stereocenters. The van der Waals surface area contributed by atoms with Gasteiger partial charge in [-0.05, 0) is 108 Å². The van der Waals surface area contributed by atoms with Crippen LogP contribution in [0.4, 0.5) is 0 Å². The molecule has 0 saturated carbocycles. The fraction of sp³-hybridized carbons (Fsp3) is 0.231. The van der Waals surface area contributed by atoms with Gasteiger partial charge >= 0.3 is 11.9 Å². The van der Waals surface area contributed by atoms with Gasteiger partial charge in [0.1, 0.15) is 68.7 Å². The van der Waals surface area contributed by atoms with Crippen LogP contribution in [0.2, 0.25) is 0 Å². The van der Waals surface area contributed by atoms with Gasteiger partial charge in [0, 0.05) is 77.0 Å². The van der Waals surface area contributed by atoms with E-state index in [9.17, 15) is 79.8 Å². The summed E-state index contributed by atoms with van der Waals surface area (Å²) in [5, 5.41) is 115. The molecule has 0 heterocycles. The minimum atomic E-state index is -1.54. The molecular formula is C52H40O16. The Labute approximate surface area is 384 Å². The zero-order chi connectivity index (χ0) is 48.7. The van der Waals surface area contributed by atoms with Crippen molar-refractivity contribution in [1.82, 2.24) is 0 Å². The molecule has 16 heteroatoms. The Kier molecular flexibility index (Phi) is 9.64. The summed E-state index contributed by atoms with van der Waals surface area (Å²) < 4.78 is 0. The SMILES string of the molecule is CC(=O)Cc1cc2c(c(O)c1C(=O)O)-c1cc3c(c(O)c1CC2)C(=O)c1c(O)cc(O)cc1[C@H]3[C@@H]1c2cc3c(c(O)c2C(O)=C2C(O)=CC(=O)CC21)CCc1cc(CC(C)=O)c(C(=O)O)c(O)c1-3. The van der Waals surface area contributed by atoms with Crippen LogP contribution in [0.5, 0.6) is 34.5 Å². The largest absolute Gasteiger partial charge is 0.508 e. The van der Waals surface area contributed by atoms with Gasteiger partial charge in [-0.3, -0.25) is 19.2 Å². The second-order valence-electron chi connectivity index (χ2n) is 18.2. The highest BCUT2D eigenvalue weighted by atomic mass is 16.4. The fourth-order valence-corrected chi connectivity index (χ4v) is 11.8. The number of aliphatic hydroxyl groups excluding tert-OH is 2. The normalized spacial score (nSPS) is 18.4. The number of Topliss-reactive ketones (excluding diaryl/α,β-unsaturated/α-hetero) is 2. The molecule has 5 aliphatic rings. The molecule has 5 aromatic carbocycles. The average molecular weight is 921 g/mol. The first-order chi connectivity index (χ1) is 32.2. The van der Waals surface area contributed by atoms with E-state index in [-0.39, 0.29) is 134 Å². The molecule has 344 valence electrons. The van der Waals surface area contributed by atoms with Crippen LogP contribution in [0.25, 0.3) is 28.0 Å². The number of allylic oxidation sites excluding steroid dienone is 2. The minimum Gasteiger partial charge on any atom is -0.508 e.